The smallest absolute Gasteiger partial charge is 0.252 e. The topological polar surface area (TPSA) is 196 Å². The fourth-order valence-corrected chi connectivity index (χ4v) is 15.8. The standard InChI is InChI=1S/2C25H31N3O5S3/c2*1-25(2,29)20-11-13-21(14-12-20)27-16-15-26(36(32,33)24-10-7-17-34-24)18-23(27)19-28(35(3,30)31)22-8-5-4-6-9-22/h2*4-14,17,23,29H,15-16,18-19H2,1-3H3/t2*23-/m11/s1. The van der Waals surface area contributed by atoms with Gasteiger partial charge in [0.2, 0.25) is 20.0 Å². The fourth-order valence-electron chi connectivity index (χ4n) is 8.72. The monoisotopic (exact) mass is 1100 g/mol. The number of para-hydroxylation sites is 2. The summed E-state index contributed by atoms with van der Waals surface area (Å²) < 4.78 is 111. The van der Waals surface area contributed by atoms with Crippen LogP contribution in [0.1, 0.15) is 38.8 Å². The molecule has 2 aliphatic rings. The first-order chi connectivity index (χ1) is 33.7. The average molecular weight is 1100 g/mol. The van der Waals surface area contributed by atoms with E-state index in [9.17, 15) is 43.9 Å². The van der Waals surface area contributed by atoms with Crippen LogP contribution in [0.15, 0.2) is 153 Å². The number of hydrogen-bond acceptors (Lipinski definition) is 14. The molecule has 0 spiro atoms. The van der Waals surface area contributed by atoms with Crippen molar-refractivity contribution < 1.29 is 43.9 Å². The van der Waals surface area contributed by atoms with E-state index in [4.69, 9.17) is 0 Å². The zero-order valence-corrected chi connectivity index (χ0v) is 45.9. The summed E-state index contributed by atoms with van der Waals surface area (Å²) in [6.07, 6.45) is 2.32. The lowest BCUT2D eigenvalue weighted by molar-refractivity contribution is 0.0780. The second-order valence-electron chi connectivity index (χ2n) is 18.8. The normalized spacial score (nSPS) is 17.8. The lowest BCUT2D eigenvalue weighted by atomic mass is 9.98. The second-order valence-corrected chi connectivity index (χ2v) is 28.8. The molecule has 4 heterocycles. The Kier molecular flexibility index (Phi) is 16.7. The minimum atomic E-state index is -3.70. The Bertz CT molecular complexity index is 2960. The van der Waals surface area contributed by atoms with E-state index >= 15 is 0 Å². The maximum Gasteiger partial charge on any atom is 0.252 e. The average Bonchev–Trinajstić information content (AvgIpc) is 4.10. The molecule has 0 amide bonds. The summed E-state index contributed by atoms with van der Waals surface area (Å²) >= 11 is 2.34. The molecule has 8 rings (SSSR count). The molecule has 0 bridgehead atoms. The van der Waals surface area contributed by atoms with Gasteiger partial charge in [-0.05, 0) is 110 Å². The van der Waals surface area contributed by atoms with Crippen LogP contribution in [0.4, 0.5) is 22.7 Å². The van der Waals surface area contributed by atoms with Crippen LogP contribution in [0.2, 0.25) is 0 Å². The Morgan fingerprint density at radius 2 is 0.819 bits per heavy atom. The van der Waals surface area contributed by atoms with E-state index < -0.39 is 63.4 Å². The Balaban J connectivity index is 0.000000211. The van der Waals surface area contributed by atoms with E-state index in [0.29, 0.717) is 24.5 Å². The van der Waals surface area contributed by atoms with E-state index in [1.165, 1.54) is 39.9 Å². The van der Waals surface area contributed by atoms with Gasteiger partial charge in [-0.1, -0.05) is 72.8 Å². The summed E-state index contributed by atoms with van der Waals surface area (Å²) in [5, 5.41) is 24.1. The van der Waals surface area contributed by atoms with Crippen molar-refractivity contribution in [3.8, 4) is 0 Å². The van der Waals surface area contributed by atoms with Gasteiger partial charge in [-0.25, -0.2) is 33.7 Å². The van der Waals surface area contributed by atoms with Crippen molar-refractivity contribution in [1.82, 2.24) is 8.61 Å². The van der Waals surface area contributed by atoms with Crippen LogP contribution in [0.25, 0.3) is 0 Å². The molecule has 4 aromatic carbocycles. The van der Waals surface area contributed by atoms with Crippen molar-refractivity contribution >= 4 is 85.5 Å². The maximum atomic E-state index is 13.3. The van der Waals surface area contributed by atoms with Gasteiger partial charge in [0.05, 0.1) is 60.3 Å². The lowest BCUT2D eigenvalue weighted by Gasteiger charge is -2.43. The lowest BCUT2D eigenvalue weighted by Crippen LogP contribution is -2.59. The van der Waals surface area contributed by atoms with Gasteiger partial charge in [-0.3, -0.25) is 8.61 Å². The Labute approximate surface area is 433 Å². The number of anilines is 4. The van der Waals surface area contributed by atoms with Gasteiger partial charge in [-0.2, -0.15) is 8.61 Å². The molecule has 22 heteroatoms. The summed E-state index contributed by atoms with van der Waals surface area (Å²) in [5.41, 5.74) is 2.24. The van der Waals surface area contributed by atoms with Gasteiger partial charge in [0, 0.05) is 50.6 Å². The van der Waals surface area contributed by atoms with E-state index in [-0.39, 0.29) is 47.7 Å². The van der Waals surface area contributed by atoms with Crippen molar-refractivity contribution in [2.75, 3.05) is 83.3 Å². The Hall–Kier alpha value is -4.88. The van der Waals surface area contributed by atoms with Crippen molar-refractivity contribution in [2.45, 2.75) is 59.4 Å². The van der Waals surface area contributed by atoms with Crippen molar-refractivity contribution in [3.05, 3.63) is 155 Å². The summed E-state index contributed by atoms with van der Waals surface area (Å²) in [6.45, 7) is 8.59. The Morgan fingerprint density at radius 3 is 1.10 bits per heavy atom. The summed E-state index contributed by atoms with van der Waals surface area (Å²) in [4.78, 5) is 4.10. The molecule has 6 aromatic rings. The highest BCUT2D eigenvalue weighted by molar-refractivity contribution is 7.92. The maximum absolute atomic E-state index is 13.3. The molecule has 0 unspecified atom stereocenters. The fraction of sp³-hybridized carbons (Fsp3) is 0.360. The molecule has 2 N–H and O–H groups in total. The predicted molar refractivity (Wildman–Crippen MR) is 289 cm³/mol. The van der Waals surface area contributed by atoms with E-state index in [0.717, 1.165) is 35.0 Å². The molecule has 0 aliphatic carbocycles. The van der Waals surface area contributed by atoms with E-state index in [1.54, 1.807) is 111 Å². The quantitative estimate of drug-likeness (QED) is 0.105. The Morgan fingerprint density at radius 1 is 0.486 bits per heavy atom. The highest BCUT2D eigenvalue weighted by atomic mass is 32.3. The molecule has 0 radical (unpaired) electrons. The first kappa shape index (κ1) is 54.9. The van der Waals surface area contributed by atoms with Gasteiger partial charge >= 0.3 is 0 Å². The van der Waals surface area contributed by atoms with Gasteiger partial charge in [0.15, 0.2) is 0 Å². The summed E-state index contributed by atoms with van der Waals surface area (Å²) in [5.74, 6) is 0. The SMILES string of the molecule is CC(C)(O)c1ccc(N2CCN(S(=O)(=O)c3cccs3)C[C@@H]2CN(c2ccccc2)S(C)(=O)=O)cc1.CC(C)(O)c1ccc(N2CCN(S(=O)(=O)c3cccs3)C[C@@H]2CN(c2ccccc2)S(C)(=O)=O)cc1. The van der Waals surface area contributed by atoms with E-state index in [1.807, 2.05) is 60.7 Å². The zero-order valence-electron chi connectivity index (χ0n) is 41.0. The van der Waals surface area contributed by atoms with Gasteiger partial charge in [0.1, 0.15) is 8.42 Å². The molecular formula is C50H62N6O10S6. The number of benzene rings is 4. The molecule has 16 nitrogen and oxygen atoms in total. The largest absolute Gasteiger partial charge is 0.386 e. The minimum absolute atomic E-state index is 0.0759. The molecule has 2 aromatic heterocycles. The molecule has 388 valence electrons. The third-order valence-electron chi connectivity index (χ3n) is 12.5. The summed E-state index contributed by atoms with van der Waals surface area (Å²) in [6, 6.07) is 38.2. The zero-order chi connectivity index (χ0) is 52.3. The number of hydrogen-bond donors (Lipinski definition) is 2. The second kappa shape index (κ2) is 21.9. The molecule has 72 heavy (non-hydrogen) atoms. The number of rotatable bonds is 16. The first-order valence-electron chi connectivity index (χ1n) is 23.1. The van der Waals surface area contributed by atoms with Gasteiger partial charge < -0.3 is 20.0 Å². The van der Waals surface area contributed by atoms with Gasteiger partial charge in [-0.15, -0.1) is 22.7 Å². The molecule has 2 fully saturated rings. The molecular weight excluding hydrogens is 1040 g/mol. The highest BCUT2D eigenvalue weighted by Crippen LogP contribution is 2.33. The number of sulfonamides is 4. The van der Waals surface area contributed by atoms with Crippen LogP contribution in [0, 0.1) is 0 Å². The van der Waals surface area contributed by atoms with Crippen molar-refractivity contribution in [3.63, 3.8) is 0 Å². The third-order valence-corrected chi connectivity index (χ3v) is 21.3. The van der Waals surface area contributed by atoms with Gasteiger partial charge in [0.25, 0.3) is 20.0 Å². The van der Waals surface area contributed by atoms with Crippen LogP contribution in [0.5, 0.6) is 0 Å². The van der Waals surface area contributed by atoms with Crippen LogP contribution < -0.4 is 18.4 Å². The van der Waals surface area contributed by atoms with Crippen molar-refractivity contribution in [2.24, 2.45) is 0 Å². The summed E-state index contributed by atoms with van der Waals surface area (Å²) in [7, 11) is -14.7. The third kappa shape index (κ3) is 13.1. The molecule has 2 aliphatic heterocycles. The first-order valence-corrected chi connectivity index (χ1v) is 31.4. The van der Waals surface area contributed by atoms with Crippen LogP contribution in [0.3, 0.4) is 0 Å². The van der Waals surface area contributed by atoms with E-state index in [2.05, 4.69) is 9.80 Å². The molecule has 2 saturated heterocycles. The minimum Gasteiger partial charge on any atom is -0.386 e. The van der Waals surface area contributed by atoms with Crippen LogP contribution >= 0.6 is 22.7 Å². The highest BCUT2D eigenvalue weighted by Gasteiger charge is 2.39. The predicted octanol–water partition coefficient (Wildman–Crippen LogP) is 6.64. The number of piperazine rings is 2. The van der Waals surface area contributed by atoms with Crippen LogP contribution in [-0.2, 0) is 51.3 Å². The molecule has 2 atom stereocenters. The number of aliphatic hydroxyl groups is 2. The van der Waals surface area contributed by atoms with Crippen LogP contribution in [-0.4, -0.2) is 129 Å². The molecule has 0 saturated carbocycles. The number of nitrogens with zero attached hydrogens (tertiary/aromatic N) is 6. The number of thiophene rings is 2. The van der Waals surface area contributed by atoms with Crippen molar-refractivity contribution in [1.29, 1.82) is 0 Å².